The number of nitrogens with one attached hydrogen (secondary N) is 1. The van der Waals surface area contributed by atoms with Crippen molar-refractivity contribution >= 4 is 62.6 Å². The first-order chi connectivity index (χ1) is 14.0. The number of hydrogen-bond acceptors (Lipinski definition) is 5. The minimum absolute atomic E-state index is 0.0829. The predicted molar refractivity (Wildman–Crippen MR) is 123 cm³/mol. The van der Waals surface area contributed by atoms with E-state index in [0.717, 1.165) is 28.0 Å². The van der Waals surface area contributed by atoms with Crippen LogP contribution in [0.15, 0.2) is 67.9 Å². The Labute approximate surface area is 189 Å². The quantitative estimate of drug-likeness (QED) is 0.387. The van der Waals surface area contributed by atoms with Crippen molar-refractivity contribution in [2.75, 3.05) is 16.8 Å². The minimum Gasteiger partial charge on any atom is -0.325 e. The Kier molecular flexibility index (Phi) is 6.34. The largest absolute Gasteiger partial charge is 0.325 e. The maximum atomic E-state index is 13.1. The number of benzene rings is 2. The number of carbonyl (C=O) groups excluding carboxylic acids is 1. The van der Waals surface area contributed by atoms with Crippen LogP contribution in [-0.2, 0) is 11.2 Å². The Balaban J connectivity index is 1.60. The van der Waals surface area contributed by atoms with Gasteiger partial charge in [-0.25, -0.2) is 4.98 Å². The van der Waals surface area contributed by atoms with E-state index in [1.54, 1.807) is 28.8 Å². The smallest absolute Gasteiger partial charge is 0.272 e. The Morgan fingerprint density at radius 1 is 1.21 bits per heavy atom. The van der Waals surface area contributed by atoms with E-state index in [-0.39, 0.29) is 17.2 Å². The van der Waals surface area contributed by atoms with Gasteiger partial charge in [0.25, 0.3) is 5.56 Å². The van der Waals surface area contributed by atoms with Crippen molar-refractivity contribution in [3.8, 4) is 5.69 Å². The Bertz CT molecular complexity index is 1120. The zero-order chi connectivity index (χ0) is 20.4. The van der Waals surface area contributed by atoms with Crippen molar-refractivity contribution in [3.63, 3.8) is 0 Å². The van der Waals surface area contributed by atoms with Gasteiger partial charge in [-0.2, -0.15) is 0 Å². The zero-order valence-electron chi connectivity index (χ0n) is 15.0. The molecular weight excluding hydrogens is 494 g/mol. The second kappa shape index (κ2) is 8.95. The Morgan fingerprint density at radius 3 is 2.66 bits per heavy atom. The summed E-state index contributed by atoms with van der Waals surface area (Å²) in [5.74, 6) is 0.810. The van der Waals surface area contributed by atoms with Crippen molar-refractivity contribution in [3.05, 3.63) is 74.1 Å². The van der Waals surface area contributed by atoms with Crippen LogP contribution in [0.4, 0.5) is 5.69 Å². The summed E-state index contributed by atoms with van der Waals surface area (Å²) in [5, 5.41) is 3.95. The number of rotatable bonds is 5. The molecule has 5 nitrogen and oxygen atoms in total. The molecule has 1 amide bonds. The topological polar surface area (TPSA) is 64.0 Å². The van der Waals surface area contributed by atoms with Gasteiger partial charge in [-0.3, -0.25) is 14.2 Å². The monoisotopic (exact) mass is 507 g/mol. The van der Waals surface area contributed by atoms with Gasteiger partial charge in [-0.05, 0) is 48.5 Å². The normalized spacial score (nSPS) is 12.6. The van der Waals surface area contributed by atoms with Crippen LogP contribution in [0.25, 0.3) is 5.69 Å². The summed E-state index contributed by atoms with van der Waals surface area (Å²) < 4.78 is 2.51. The van der Waals surface area contributed by atoms with Crippen LogP contribution in [0.2, 0.25) is 5.02 Å². The molecule has 0 bridgehead atoms. The average Bonchev–Trinajstić information content (AvgIpc) is 3.18. The van der Waals surface area contributed by atoms with E-state index in [1.807, 2.05) is 24.3 Å². The van der Waals surface area contributed by atoms with E-state index in [9.17, 15) is 9.59 Å². The van der Waals surface area contributed by atoms with Gasteiger partial charge in [0.15, 0.2) is 5.16 Å². The molecule has 2 heterocycles. The molecule has 2 aromatic carbocycles. The van der Waals surface area contributed by atoms with Gasteiger partial charge < -0.3 is 5.32 Å². The molecule has 0 saturated carbocycles. The zero-order valence-corrected chi connectivity index (χ0v) is 19.0. The molecule has 0 unspecified atom stereocenters. The molecule has 0 radical (unpaired) electrons. The van der Waals surface area contributed by atoms with Crippen LogP contribution in [0.3, 0.4) is 0 Å². The van der Waals surface area contributed by atoms with Crippen LogP contribution in [0, 0.1) is 0 Å². The molecule has 1 N–H and O–H groups in total. The third kappa shape index (κ3) is 4.71. The standard InChI is InChI=1S/C20H15BrClN3O2S2/c21-12-1-7-15(8-2-12)25-19(27)18-16(9-10-28-18)24-20(25)29-11-17(26)23-14-5-3-13(22)4-6-14/h1-8H,9-11H2,(H,23,26). The summed E-state index contributed by atoms with van der Waals surface area (Å²) in [7, 11) is 0. The molecule has 0 aliphatic carbocycles. The molecular formula is C20H15BrClN3O2S2. The lowest BCUT2D eigenvalue weighted by Crippen LogP contribution is -2.24. The minimum atomic E-state index is -0.177. The highest BCUT2D eigenvalue weighted by Gasteiger charge is 2.23. The lowest BCUT2D eigenvalue weighted by Gasteiger charge is -2.14. The number of fused-ring (bicyclic) bond motifs is 1. The molecule has 0 saturated heterocycles. The van der Waals surface area contributed by atoms with E-state index in [2.05, 4.69) is 21.2 Å². The summed E-state index contributed by atoms with van der Waals surface area (Å²) in [6.45, 7) is 0. The van der Waals surface area contributed by atoms with Crippen molar-refractivity contribution in [1.29, 1.82) is 0 Å². The van der Waals surface area contributed by atoms with E-state index < -0.39 is 0 Å². The SMILES string of the molecule is O=C(CSc1nc2c(c(=O)n1-c1ccc(Br)cc1)SCC2)Nc1ccc(Cl)cc1. The number of nitrogens with zero attached hydrogens (tertiary/aromatic N) is 2. The van der Waals surface area contributed by atoms with Crippen LogP contribution < -0.4 is 10.9 Å². The van der Waals surface area contributed by atoms with Crippen LogP contribution in [0.1, 0.15) is 5.69 Å². The van der Waals surface area contributed by atoms with Gasteiger partial charge in [0.1, 0.15) is 0 Å². The first-order valence-electron chi connectivity index (χ1n) is 8.74. The highest BCUT2D eigenvalue weighted by Crippen LogP contribution is 2.30. The number of hydrogen-bond donors (Lipinski definition) is 1. The molecule has 9 heteroatoms. The van der Waals surface area contributed by atoms with E-state index in [0.29, 0.717) is 20.8 Å². The summed E-state index contributed by atoms with van der Waals surface area (Å²) in [6, 6.07) is 14.4. The van der Waals surface area contributed by atoms with E-state index >= 15 is 0 Å². The fourth-order valence-corrected chi connectivity index (χ4v) is 5.11. The number of aryl methyl sites for hydroxylation is 1. The number of thioether (sulfide) groups is 2. The van der Waals surface area contributed by atoms with Gasteiger partial charge >= 0.3 is 0 Å². The van der Waals surface area contributed by atoms with Gasteiger partial charge in [0.2, 0.25) is 5.91 Å². The number of halogens is 2. The number of amides is 1. The third-order valence-corrected chi connectivity index (χ3v) is 7.04. The first-order valence-corrected chi connectivity index (χ1v) is 11.9. The van der Waals surface area contributed by atoms with Crippen LogP contribution in [0.5, 0.6) is 0 Å². The summed E-state index contributed by atoms with van der Waals surface area (Å²) >= 11 is 12.1. The fourth-order valence-electron chi connectivity index (χ4n) is 2.87. The van der Waals surface area contributed by atoms with Crippen molar-refractivity contribution in [1.82, 2.24) is 9.55 Å². The maximum Gasteiger partial charge on any atom is 0.272 e. The van der Waals surface area contributed by atoms with Crippen molar-refractivity contribution in [2.24, 2.45) is 0 Å². The molecule has 1 aromatic heterocycles. The molecule has 4 rings (SSSR count). The molecule has 0 fully saturated rings. The van der Waals surface area contributed by atoms with E-state index in [4.69, 9.17) is 16.6 Å². The Hall–Kier alpha value is -1.74. The lowest BCUT2D eigenvalue weighted by atomic mass is 10.3. The number of aromatic nitrogens is 2. The van der Waals surface area contributed by atoms with Crippen molar-refractivity contribution < 1.29 is 4.79 Å². The second-order valence-corrected chi connectivity index (χ2v) is 9.63. The van der Waals surface area contributed by atoms with Gasteiger partial charge in [0.05, 0.1) is 22.0 Å². The number of anilines is 1. The Morgan fingerprint density at radius 2 is 1.93 bits per heavy atom. The van der Waals surface area contributed by atoms with Gasteiger partial charge in [-0.15, -0.1) is 11.8 Å². The van der Waals surface area contributed by atoms with Crippen molar-refractivity contribution in [2.45, 2.75) is 16.5 Å². The molecule has 1 aliphatic heterocycles. The molecule has 29 heavy (non-hydrogen) atoms. The third-order valence-electron chi connectivity index (χ3n) is 4.21. The molecule has 3 aromatic rings. The maximum absolute atomic E-state index is 13.1. The molecule has 0 spiro atoms. The van der Waals surface area contributed by atoms with Crippen LogP contribution in [-0.4, -0.2) is 27.0 Å². The highest BCUT2D eigenvalue weighted by molar-refractivity contribution is 9.10. The predicted octanol–water partition coefficient (Wildman–Crippen LogP) is 5.03. The summed E-state index contributed by atoms with van der Waals surface area (Å²) in [4.78, 5) is 30.9. The average molecular weight is 509 g/mol. The second-order valence-electron chi connectivity index (χ2n) is 6.23. The van der Waals surface area contributed by atoms with Gasteiger partial charge in [0, 0.05) is 27.4 Å². The fraction of sp³-hybridized carbons (Fsp3) is 0.150. The molecule has 148 valence electrons. The summed E-state index contributed by atoms with van der Waals surface area (Å²) in [5.41, 5.74) is 2.12. The van der Waals surface area contributed by atoms with E-state index in [1.165, 1.54) is 23.5 Å². The van der Waals surface area contributed by atoms with Gasteiger partial charge in [-0.1, -0.05) is 39.3 Å². The molecule has 1 aliphatic rings. The first kappa shape index (κ1) is 20.5. The molecule has 0 atom stereocenters. The number of carbonyl (C=O) groups is 1. The summed E-state index contributed by atoms with van der Waals surface area (Å²) in [6.07, 6.45) is 0.765. The highest BCUT2D eigenvalue weighted by atomic mass is 79.9. The lowest BCUT2D eigenvalue weighted by molar-refractivity contribution is -0.113. The van der Waals surface area contributed by atoms with Crippen LogP contribution >= 0.6 is 51.1 Å².